The van der Waals surface area contributed by atoms with Crippen LogP contribution in [-0.4, -0.2) is 19.5 Å². The molecule has 11 aromatic rings. The number of rotatable bonds is 8. The van der Waals surface area contributed by atoms with Gasteiger partial charge < -0.3 is 4.57 Å². The minimum atomic E-state index is -0.707. The quantitative estimate of drug-likeness (QED) is 0.154. The first-order valence-corrected chi connectivity index (χ1v) is 19.6. The lowest BCUT2D eigenvalue weighted by Gasteiger charge is -2.17. The summed E-state index contributed by atoms with van der Waals surface area (Å²) >= 11 is 0. The van der Waals surface area contributed by atoms with E-state index in [0.29, 0.717) is 33.9 Å². The fourth-order valence-corrected chi connectivity index (χ4v) is 7.66. The van der Waals surface area contributed by atoms with E-state index < -0.39 is 83.6 Å². The Morgan fingerprint density at radius 3 is 1.41 bits per heavy atom. The number of para-hydroxylation sites is 1. The van der Waals surface area contributed by atoms with Gasteiger partial charge in [-0.25, -0.2) is 15.0 Å². The maximum absolute atomic E-state index is 9.87. The summed E-state index contributed by atoms with van der Waals surface area (Å²) in [5.74, 6) is 0.823. The molecule has 0 saturated heterocycles. The lowest BCUT2D eigenvalue weighted by molar-refractivity contribution is 1.06. The molecule has 0 N–H and O–H groups in total. The summed E-state index contributed by atoms with van der Waals surface area (Å²) < 4.78 is 111. The van der Waals surface area contributed by atoms with Crippen molar-refractivity contribution >= 4 is 21.8 Å². The summed E-state index contributed by atoms with van der Waals surface area (Å²) in [7, 11) is 0. The Labute approximate surface area is 371 Å². The zero-order chi connectivity index (χ0) is 51.0. The third-order valence-electron chi connectivity index (χ3n) is 10.6. The Kier molecular flexibility index (Phi) is 6.44. The van der Waals surface area contributed by atoms with Gasteiger partial charge in [0.05, 0.1) is 33.2 Å². The van der Waals surface area contributed by atoms with Crippen LogP contribution in [0, 0.1) is 0 Å². The van der Waals surface area contributed by atoms with Crippen molar-refractivity contribution in [1.29, 1.82) is 0 Å². The summed E-state index contributed by atoms with van der Waals surface area (Å²) in [6, 6.07) is 42.7. The third-order valence-corrected chi connectivity index (χ3v) is 10.6. The first-order valence-electron chi connectivity index (χ1n) is 25.6. The molecule has 61 heavy (non-hydrogen) atoms. The second-order valence-corrected chi connectivity index (χ2v) is 14.3. The maximum atomic E-state index is 9.87. The Balaban J connectivity index is 1.31. The van der Waals surface area contributed by atoms with Crippen LogP contribution < -0.4 is 0 Å². The van der Waals surface area contributed by atoms with Gasteiger partial charge in [-0.3, -0.25) is 0 Å². The molecule has 2 aromatic heterocycles. The van der Waals surface area contributed by atoms with E-state index >= 15 is 0 Å². The lowest BCUT2D eigenvalue weighted by atomic mass is 9.92. The predicted molar refractivity (Wildman–Crippen MR) is 252 cm³/mol. The molecule has 0 fully saturated rings. The molecular weight excluding hydrogens is 741 g/mol. The number of hydrogen-bond donors (Lipinski definition) is 0. The van der Waals surface area contributed by atoms with Gasteiger partial charge in [-0.05, 0) is 93.0 Å². The summed E-state index contributed by atoms with van der Waals surface area (Å²) in [6.45, 7) is 0. The normalized spacial score (nSPS) is 14.0. The first kappa shape index (κ1) is 25.3. The molecule has 0 atom stereocenters. The topological polar surface area (TPSA) is 43.6 Å². The molecule has 4 heteroatoms. The smallest absolute Gasteiger partial charge is 0.166 e. The highest BCUT2D eigenvalue weighted by atomic mass is 15.1. The van der Waals surface area contributed by atoms with E-state index in [2.05, 4.69) is 18.2 Å². The fourth-order valence-electron chi connectivity index (χ4n) is 7.66. The van der Waals surface area contributed by atoms with Crippen LogP contribution in [0.2, 0.25) is 0 Å². The molecule has 2 heterocycles. The molecular formula is C57H38N4. The van der Waals surface area contributed by atoms with Crippen molar-refractivity contribution in [3.05, 3.63) is 230 Å². The monoisotopic (exact) mass is 790 g/mol. The molecule has 0 bridgehead atoms. The summed E-state index contributed by atoms with van der Waals surface area (Å²) in [5.41, 5.74) is 5.85. The Morgan fingerprint density at radius 2 is 0.820 bits per heavy atom. The average molecular weight is 791 g/mol. The van der Waals surface area contributed by atoms with E-state index in [4.69, 9.17) is 24.5 Å². The van der Waals surface area contributed by atoms with Crippen LogP contribution in [0.1, 0.15) is 16.4 Å². The van der Waals surface area contributed by atoms with Gasteiger partial charge >= 0.3 is 0 Å². The summed E-state index contributed by atoms with van der Waals surface area (Å²) in [5, 5.41) is -0.364. The van der Waals surface area contributed by atoms with E-state index in [1.807, 2.05) is 133 Å². The van der Waals surface area contributed by atoms with Crippen LogP contribution in [0.15, 0.2) is 230 Å². The molecule has 286 valence electrons. The highest BCUT2D eigenvalue weighted by molar-refractivity contribution is 6.11. The van der Waals surface area contributed by atoms with Crippen molar-refractivity contribution in [2.45, 2.75) is 0 Å². The molecule has 4 nitrogen and oxygen atoms in total. The van der Waals surface area contributed by atoms with Gasteiger partial charge in [-0.1, -0.05) is 182 Å². The van der Waals surface area contributed by atoms with Gasteiger partial charge in [-0.2, -0.15) is 0 Å². The third kappa shape index (κ3) is 6.86. The molecule has 0 radical (unpaired) electrons. The highest BCUT2D eigenvalue weighted by Crippen LogP contribution is 2.41. The van der Waals surface area contributed by atoms with Crippen LogP contribution >= 0.6 is 0 Å². The molecule has 0 aliphatic heterocycles. The van der Waals surface area contributed by atoms with E-state index in [-0.39, 0.29) is 33.3 Å². The zero-order valence-electron chi connectivity index (χ0n) is 44.3. The van der Waals surface area contributed by atoms with Crippen molar-refractivity contribution in [1.82, 2.24) is 19.5 Å². The Morgan fingerprint density at radius 1 is 0.328 bits per heavy atom. The van der Waals surface area contributed by atoms with Crippen LogP contribution in [0.3, 0.4) is 0 Å². The van der Waals surface area contributed by atoms with E-state index in [1.54, 1.807) is 6.07 Å². The molecule has 0 saturated carbocycles. The highest BCUT2D eigenvalue weighted by Gasteiger charge is 2.21. The SMILES string of the molecule is [2H]c1c([2H])c([2H])c(-c2c([2H])c([2H])c3c(c2[2H])c2c([2H])c([2H])c([2H])c([2H])c2n3-c2cc(-c3cc(-c4ccccc4)cc(-c4ccccc4)c3)ccc2-c2nc(-c3ccccc3)nc(-c3ccccc3)n2)c([2H])c1[2H]. The Hall–Kier alpha value is -8.21. The van der Waals surface area contributed by atoms with Crippen molar-refractivity contribution in [3.63, 3.8) is 0 Å². The molecule has 0 aliphatic carbocycles. The van der Waals surface area contributed by atoms with Crippen molar-refractivity contribution in [3.8, 4) is 84.4 Å². The second-order valence-electron chi connectivity index (χ2n) is 14.3. The fraction of sp³-hybridized carbons (Fsp3) is 0. The lowest BCUT2D eigenvalue weighted by Crippen LogP contribution is -2.04. The molecule has 11 rings (SSSR count). The largest absolute Gasteiger partial charge is 0.308 e. The summed E-state index contributed by atoms with van der Waals surface area (Å²) in [6.07, 6.45) is 0. The van der Waals surface area contributed by atoms with E-state index in [9.17, 15) is 6.85 Å². The number of aromatic nitrogens is 4. The van der Waals surface area contributed by atoms with Gasteiger partial charge in [0.2, 0.25) is 0 Å². The predicted octanol–water partition coefficient (Wildman–Crippen LogP) is 14.6. The summed E-state index contributed by atoms with van der Waals surface area (Å²) in [4.78, 5) is 15.0. The molecule has 0 aliphatic rings. The molecule has 0 unspecified atom stereocenters. The average Bonchev–Trinajstić information content (AvgIpc) is 3.81. The minimum absolute atomic E-state index is 0.136. The van der Waals surface area contributed by atoms with Gasteiger partial charge in [0.25, 0.3) is 0 Å². The van der Waals surface area contributed by atoms with Gasteiger partial charge in [0.15, 0.2) is 17.5 Å². The first-order chi connectivity index (χ1) is 35.2. The van der Waals surface area contributed by atoms with Gasteiger partial charge in [0, 0.05) is 27.5 Å². The van der Waals surface area contributed by atoms with Crippen molar-refractivity contribution in [2.75, 3.05) is 0 Å². The van der Waals surface area contributed by atoms with E-state index in [1.165, 1.54) is 4.57 Å². The van der Waals surface area contributed by atoms with Crippen LogP contribution in [0.4, 0.5) is 0 Å². The van der Waals surface area contributed by atoms with Crippen molar-refractivity contribution in [2.24, 2.45) is 0 Å². The number of hydrogen-bond acceptors (Lipinski definition) is 3. The number of nitrogens with zero attached hydrogens (tertiary/aromatic N) is 4. The van der Waals surface area contributed by atoms with Crippen molar-refractivity contribution < 1.29 is 16.4 Å². The minimum Gasteiger partial charge on any atom is -0.308 e. The van der Waals surface area contributed by atoms with Crippen LogP contribution in [0.25, 0.3) is 106 Å². The van der Waals surface area contributed by atoms with Crippen LogP contribution in [0.5, 0.6) is 0 Å². The molecule has 9 aromatic carbocycles. The van der Waals surface area contributed by atoms with Gasteiger partial charge in [-0.15, -0.1) is 0 Å². The number of benzene rings is 9. The zero-order valence-corrected chi connectivity index (χ0v) is 32.3. The van der Waals surface area contributed by atoms with Crippen LogP contribution in [-0.2, 0) is 0 Å². The van der Waals surface area contributed by atoms with Gasteiger partial charge in [0.1, 0.15) is 0 Å². The standard InChI is InChI=1S/C57H38N4/c1-6-18-39(19-7-1)44-31-33-53-51(37-44)49-28-16-17-29-52(49)61(53)54-38-45(48-35-46(40-20-8-2-9-21-40)34-47(36-48)41-22-10-3-11-23-41)30-32-50(54)57-59-55(42-24-12-4-13-25-42)58-56(60-57)43-26-14-5-15-27-43/h1-38H/i1D,6D,7D,16D,17D,18D,19D,28D,29D,31D,33D,37D. The second kappa shape index (κ2) is 15.5. The number of fused-ring (bicyclic) bond motifs is 3. The molecule has 0 spiro atoms. The Bertz CT molecular complexity index is 3900. The maximum Gasteiger partial charge on any atom is 0.166 e. The van der Waals surface area contributed by atoms with E-state index in [0.717, 1.165) is 27.8 Å². The molecule has 0 amide bonds.